The first-order chi connectivity index (χ1) is 9.32. The molecule has 0 aliphatic heterocycles. The van der Waals surface area contributed by atoms with E-state index in [2.05, 4.69) is 20.8 Å². The maximum atomic E-state index is 12.6. The largest absolute Gasteiger partial charge is 0.477 e. The number of hydrogen-bond donors (Lipinski definition) is 1. The van der Waals surface area contributed by atoms with Gasteiger partial charge in [-0.3, -0.25) is 4.79 Å². The van der Waals surface area contributed by atoms with E-state index in [0.717, 1.165) is 31.4 Å². The molecule has 4 heteroatoms. The van der Waals surface area contributed by atoms with Gasteiger partial charge in [0.05, 0.1) is 0 Å². The zero-order valence-electron chi connectivity index (χ0n) is 12.5. The minimum atomic E-state index is -1.14. The molecule has 0 atom stereocenters. The second-order valence-corrected chi connectivity index (χ2v) is 6.65. The summed E-state index contributed by atoms with van der Waals surface area (Å²) >= 11 is 0. The normalized spacial score (nSPS) is 17.1. The first-order valence-electron chi connectivity index (χ1n) is 7.31. The van der Waals surface area contributed by atoms with Crippen LogP contribution in [0, 0.1) is 0 Å². The Bertz CT molecular complexity index is 560. The second-order valence-electron chi connectivity index (χ2n) is 6.65. The molecule has 0 radical (unpaired) electrons. The number of pyridine rings is 1. The summed E-state index contributed by atoms with van der Waals surface area (Å²) in [5.74, 6) is -1.14. The summed E-state index contributed by atoms with van der Waals surface area (Å²) in [5, 5.41) is 9.17. The molecule has 1 aliphatic rings. The number of carboxylic acid groups (broad SMARTS) is 1. The first kappa shape index (κ1) is 14.8. The highest BCUT2D eigenvalue weighted by molar-refractivity contribution is 5.87. The molecule has 1 saturated carbocycles. The van der Waals surface area contributed by atoms with Gasteiger partial charge in [-0.15, -0.1) is 0 Å². The SMILES string of the molecule is CC(C)(C)c1ccc(C(=O)O)c(=O)n1C1CCCCC1. The van der Waals surface area contributed by atoms with Crippen molar-refractivity contribution in [3.8, 4) is 0 Å². The van der Waals surface area contributed by atoms with Crippen molar-refractivity contribution in [2.75, 3.05) is 0 Å². The minimum absolute atomic E-state index is 0.122. The minimum Gasteiger partial charge on any atom is -0.477 e. The molecule has 0 spiro atoms. The number of carboxylic acids is 1. The Hall–Kier alpha value is -1.58. The summed E-state index contributed by atoms with van der Waals surface area (Å²) < 4.78 is 1.75. The average molecular weight is 277 g/mol. The van der Waals surface area contributed by atoms with E-state index in [0.29, 0.717) is 0 Å². The van der Waals surface area contributed by atoms with E-state index in [1.807, 2.05) is 0 Å². The predicted molar refractivity (Wildman–Crippen MR) is 78.5 cm³/mol. The molecule has 1 N–H and O–H groups in total. The van der Waals surface area contributed by atoms with Crippen LogP contribution in [0.25, 0.3) is 0 Å². The molecule has 4 nitrogen and oxygen atoms in total. The predicted octanol–water partition coefficient (Wildman–Crippen LogP) is 3.35. The van der Waals surface area contributed by atoms with Gasteiger partial charge in [0.2, 0.25) is 0 Å². The van der Waals surface area contributed by atoms with Crippen molar-refractivity contribution in [2.45, 2.75) is 64.3 Å². The van der Waals surface area contributed by atoms with Crippen LogP contribution < -0.4 is 5.56 Å². The van der Waals surface area contributed by atoms with E-state index < -0.39 is 5.97 Å². The molecule has 1 fully saturated rings. The van der Waals surface area contributed by atoms with Crippen LogP contribution in [-0.2, 0) is 5.41 Å². The van der Waals surface area contributed by atoms with Gasteiger partial charge in [0, 0.05) is 17.2 Å². The second kappa shape index (κ2) is 5.43. The maximum absolute atomic E-state index is 12.6. The molecule has 0 unspecified atom stereocenters. The van der Waals surface area contributed by atoms with Gasteiger partial charge in [0.1, 0.15) is 5.56 Å². The zero-order chi connectivity index (χ0) is 14.9. The van der Waals surface area contributed by atoms with Crippen LogP contribution >= 0.6 is 0 Å². The Morgan fingerprint density at radius 2 is 1.80 bits per heavy atom. The summed E-state index contributed by atoms with van der Waals surface area (Å²) in [5.41, 5.74) is 0.285. The quantitative estimate of drug-likeness (QED) is 0.901. The number of aromatic carboxylic acids is 1. The van der Waals surface area contributed by atoms with E-state index in [1.54, 1.807) is 10.6 Å². The molecule has 110 valence electrons. The topological polar surface area (TPSA) is 59.3 Å². The molecule has 0 amide bonds. The van der Waals surface area contributed by atoms with Gasteiger partial charge < -0.3 is 9.67 Å². The molecule has 1 aromatic heterocycles. The fraction of sp³-hybridized carbons (Fsp3) is 0.625. The fourth-order valence-corrected chi connectivity index (χ4v) is 3.03. The molecule has 0 bridgehead atoms. The standard InChI is InChI=1S/C16H23NO3/c1-16(2,3)13-10-9-12(15(19)20)14(18)17(13)11-7-5-4-6-8-11/h9-11H,4-8H2,1-3H3,(H,19,20). The van der Waals surface area contributed by atoms with Crippen molar-refractivity contribution in [3.05, 3.63) is 33.7 Å². The highest BCUT2D eigenvalue weighted by Crippen LogP contribution is 2.31. The smallest absolute Gasteiger partial charge is 0.341 e. The van der Waals surface area contributed by atoms with Crippen LogP contribution in [0.1, 0.15) is 75.0 Å². The molecule has 1 aliphatic carbocycles. The van der Waals surface area contributed by atoms with E-state index in [1.165, 1.54) is 12.5 Å². The molecule has 2 rings (SSSR count). The molecular weight excluding hydrogens is 254 g/mol. The van der Waals surface area contributed by atoms with E-state index >= 15 is 0 Å². The number of rotatable bonds is 2. The Labute approximate surface area is 119 Å². The Kier molecular flexibility index (Phi) is 4.02. The van der Waals surface area contributed by atoms with Crippen LogP contribution in [0.4, 0.5) is 0 Å². The van der Waals surface area contributed by atoms with Crippen molar-refractivity contribution in [3.63, 3.8) is 0 Å². The number of nitrogens with zero attached hydrogens (tertiary/aromatic N) is 1. The van der Waals surface area contributed by atoms with E-state index in [-0.39, 0.29) is 22.6 Å². The van der Waals surface area contributed by atoms with Gasteiger partial charge in [0.25, 0.3) is 5.56 Å². The number of hydrogen-bond acceptors (Lipinski definition) is 2. The number of carbonyl (C=O) groups is 1. The van der Waals surface area contributed by atoms with Crippen molar-refractivity contribution < 1.29 is 9.90 Å². The summed E-state index contributed by atoms with van der Waals surface area (Å²) in [6.45, 7) is 6.17. The Morgan fingerprint density at radius 1 is 1.20 bits per heavy atom. The summed E-state index contributed by atoms with van der Waals surface area (Å²) in [6, 6.07) is 3.40. The van der Waals surface area contributed by atoms with Gasteiger partial charge in [-0.05, 0) is 25.0 Å². The van der Waals surface area contributed by atoms with E-state index in [9.17, 15) is 9.59 Å². The van der Waals surface area contributed by atoms with Crippen LogP contribution in [-0.4, -0.2) is 15.6 Å². The third-order valence-corrected chi connectivity index (χ3v) is 4.06. The van der Waals surface area contributed by atoms with Crippen LogP contribution in [0.3, 0.4) is 0 Å². The van der Waals surface area contributed by atoms with Crippen LogP contribution in [0.2, 0.25) is 0 Å². The lowest BCUT2D eigenvalue weighted by Crippen LogP contribution is -2.36. The van der Waals surface area contributed by atoms with Gasteiger partial charge in [0.15, 0.2) is 0 Å². The molecule has 0 saturated heterocycles. The molecule has 0 aromatic carbocycles. The molecule has 20 heavy (non-hydrogen) atoms. The molecular formula is C16H23NO3. The Morgan fingerprint density at radius 3 is 2.30 bits per heavy atom. The van der Waals surface area contributed by atoms with Gasteiger partial charge in [-0.2, -0.15) is 0 Å². The van der Waals surface area contributed by atoms with Crippen LogP contribution in [0.15, 0.2) is 16.9 Å². The fourth-order valence-electron chi connectivity index (χ4n) is 3.03. The molecule has 1 heterocycles. The number of aromatic nitrogens is 1. The zero-order valence-corrected chi connectivity index (χ0v) is 12.5. The summed E-state index contributed by atoms with van der Waals surface area (Å²) in [7, 11) is 0. The lowest BCUT2D eigenvalue weighted by Gasteiger charge is -2.31. The Balaban J connectivity index is 2.62. The maximum Gasteiger partial charge on any atom is 0.341 e. The summed E-state index contributed by atoms with van der Waals surface area (Å²) in [4.78, 5) is 23.8. The van der Waals surface area contributed by atoms with Gasteiger partial charge >= 0.3 is 5.97 Å². The van der Waals surface area contributed by atoms with E-state index in [4.69, 9.17) is 5.11 Å². The molecule has 1 aromatic rings. The van der Waals surface area contributed by atoms with Crippen molar-refractivity contribution in [2.24, 2.45) is 0 Å². The van der Waals surface area contributed by atoms with Gasteiger partial charge in [-0.1, -0.05) is 40.0 Å². The van der Waals surface area contributed by atoms with Gasteiger partial charge in [-0.25, -0.2) is 4.79 Å². The van der Waals surface area contributed by atoms with Crippen molar-refractivity contribution in [1.29, 1.82) is 0 Å². The summed E-state index contributed by atoms with van der Waals surface area (Å²) in [6.07, 6.45) is 5.35. The first-order valence-corrected chi connectivity index (χ1v) is 7.31. The third kappa shape index (κ3) is 2.79. The van der Waals surface area contributed by atoms with Crippen molar-refractivity contribution in [1.82, 2.24) is 4.57 Å². The lowest BCUT2D eigenvalue weighted by molar-refractivity contribution is 0.0693. The van der Waals surface area contributed by atoms with Crippen molar-refractivity contribution >= 4 is 5.97 Å². The van der Waals surface area contributed by atoms with Crippen LogP contribution in [0.5, 0.6) is 0 Å². The highest BCUT2D eigenvalue weighted by atomic mass is 16.4. The average Bonchev–Trinajstić information content (AvgIpc) is 2.37. The monoisotopic (exact) mass is 277 g/mol. The lowest BCUT2D eigenvalue weighted by atomic mass is 9.88. The third-order valence-electron chi connectivity index (χ3n) is 4.06. The highest BCUT2D eigenvalue weighted by Gasteiger charge is 2.27.